The molecule has 5 aromatic rings. The number of fused-ring (bicyclic) bond motifs is 4. The topological polar surface area (TPSA) is 20.3 Å². The Hall–Kier alpha value is -3.66. The zero-order chi connectivity index (χ0) is 24.5. The Labute approximate surface area is 195 Å². The molecule has 0 saturated heterocycles. The van der Waals surface area contributed by atoms with Crippen molar-refractivity contribution in [3.05, 3.63) is 83.8 Å². The molecule has 0 amide bonds. The third kappa shape index (κ3) is 2.97. The molecule has 1 aliphatic rings. The molecular weight excluding hydrogens is 411 g/mol. The number of furan rings is 1. The van der Waals surface area contributed by atoms with Crippen LogP contribution < -0.4 is 9.47 Å². The summed E-state index contributed by atoms with van der Waals surface area (Å²) in [7, 11) is 3.95. The number of aromatic nitrogens is 1. The van der Waals surface area contributed by atoms with Gasteiger partial charge in [-0.2, -0.15) is 0 Å². The molecular formula is C29H26FN2O+. The second-order valence-electron chi connectivity index (χ2n) is 8.78. The van der Waals surface area contributed by atoms with Gasteiger partial charge in [0.1, 0.15) is 24.0 Å². The van der Waals surface area contributed by atoms with Gasteiger partial charge < -0.3 is 9.32 Å². The summed E-state index contributed by atoms with van der Waals surface area (Å²) in [6.45, 7) is 2.66. The van der Waals surface area contributed by atoms with E-state index in [1.807, 2.05) is 61.6 Å². The molecule has 0 radical (unpaired) electrons. The normalized spacial score (nSPS) is 16.1. The highest BCUT2D eigenvalue weighted by Crippen LogP contribution is 2.44. The van der Waals surface area contributed by atoms with Crippen LogP contribution in [0.25, 0.3) is 44.3 Å². The van der Waals surface area contributed by atoms with Gasteiger partial charge >= 0.3 is 0 Å². The first-order chi connectivity index (χ1) is 16.8. The molecule has 1 aliphatic heterocycles. The minimum absolute atomic E-state index is 0.316. The zero-order valence-electron chi connectivity index (χ0n) is 20.9. The van der Waals surface area contributed by atoms with Gasteiger partial charge in [-0.05, 0) is 60.7 Å². The molecule has 0 N–H and O–H groups in total. The Morgan fingerprint density at radius 2 is 1.76 bits per heavy atom. The van der Waals surface area contributed by atoms with E-state index in [-0.39, 0.29) is 0 Å². The smallest absolute Gasteiger partial charge is 0.216 e. The van der Waals surface area contributed by atoms with Crippen LogP contribution in [0.4, 0.5) is 10.1 Å². The maximum absolute atomic E-state index is 15.6. The summed E-state index contributed by atoms with van der Waals surface area (Å²) in [5.74, 6) is -0.419. The van der Waals surface area contributed by atoms with Gasteiger partial charge in [0.05, 0.1) is 11.1 Å². The largest absolute Gasteiger partial charge is 0.454 e. The first kappa shape index (κ1) is 17.8. The molecule has 164 valence electrons. The molecule has 33 heavy (non-hydrogen) atoms. The van der Waals surface area contributed by atoms with E-state index in [0.717, 1.165) is 33.3 Å². The summed E-state index contributed by atoms with van der Waals surface area (Å²) in [5, 5.41) is 1.73. The standard InChI is InChI=1S/C29H26FN2O/c1-18-12-13-21-22-14-15-23(30)27(20-8-6-11-24-19(20)9-7-17-31(24)2)29(22)33-28(21)26(18)25-10-4-5-16-32(25)3/h4-6,8,10-16H,7,9,17H2,1-3H3/q+1/i9D2. The van der Waals surface area contributed by atoms with Gasteiger partial charge in [0.25, 0.3) is 0 Å². The van der Waals surface area contributed by atoms with Crippen LogP contribution in [-0.2, 0) is 13.4 Å². The van der Waals surface area contributed by atoms with Crippen LogP contribution in [0.5, 0.6) is 0 Å². The number of aryl methyl sites for hydroxylation is 2. The predicted octanol–water partition coefficient (Wildman–Crippen LogP) is 6.57. The van der Waals surface area contributed by atoms with Gasteiger partial charge in [0, 0.05) is 44.9 Å². The van der Waals surface area contributed by atoms with E-state index in [1.54, 1.807) is 6.07 Å². The molecule has 3 nitrogen and oxygen atoms in total. The van der Waals surface area contributed by atoms with Gasteiger partial charge in [-0.25, -0.2) is 8.96 Å². The molecule has 4 heteroatoms. The first-order valence-electron chi connectivity index (χ1n) is 12.2. The molecule has 3 heterocycles. The van der Waals surface area contributed by atoms with Crippen molar-refractivity contribution in [3.8, 4) is 22.4 Å². The average Bonchev–Trinajstić information content (AvgIpc) is 3.20. The van der Waals surface area contributed by atoms with Crippen molar-refractivity contribution in [2.75, 3.05) is 18.5 Å². The monoisotopic (exact) mass is 439 g/mol. The van der Waals surface area contributed by atoms with Crippen LogP contribution in [0.1, 0.15) is 20.3 Å². The summed E-state index contributed by atoms with van der Waals surface area (Å²) in [6, 6.07) is 18.9. The lowest BCUT2D eigenvalue weighted by Crippen LogP contribution is -2.30. The first-order valence-corrected chi connectivity index (χ1v) is 11.2. The molecule has 6 rings (SSSR count). The number of nitrogens with zero attached hydrogens (tertiary/aromatic N) is 2. The minimum Gasteiger partial charge on any atom is -0.454 e. The summed E-state index contributed by atoms with van der Waals surface area (Å²) in [4.78, 5) is 2.04. The number of rotatable bonds is 2. The Morgan fingerprint density at radius 3 is 2.58 bits per heavy atom. The molecule has 0 spiro atoms. The highest BCUT2D eigenvalue weighted by molar-refractivity contribution is 6.13. The van der Waals surface area contributed by atoms with E-state index in [0.29, 0.717) is 40.8 Å². The number of hydrogen-bond donors (Lipinski definition) is 0. The van der Waals surface area contributed by atoms with Gasteiger partial charge in [0.2, 0.25) is 5.69 Å². The molecule has 3 aromatic carbocycles. The predicted molar refractivity (Wildman–Crippen MR) is 132 cm³/mol. The molecule has 0 fully saturated rings. The van der Waals surface area contributed by atoms with Crippen molar-refractivity contribution in [1.29, 1.82) is 0 Å². The SMILES string of the molecule is [2H]C1([2H])CCN(C)c2cccc(-c3c(F)ccc4c3oc3c(-c5cccc[n+]5C)c(C)ccc34)c21. The Kier molecular flexibility index (Phi) is 4.03. The van der Waals surface area contributed by atoms with E-state index in [9.17, 15) is 0 Å². The highest BCUT2D eigenvalue weighted by atomic mass is 19.1. The lowest BCUT2D eigenvalue weighted by Gasteiger charge is -2.29. The van der Waals surface area contributed by atoms with Crippen LogP contribution in [0.15, 0.2) is 71.3 Å². The van der Waals surface area contributed by atoms with Gasteiger partial charge in [-0.3, -0.25) is 0 Å². The Bertz CT molecular complexity index is 1640. The van der Waals surface area contributed by atoms with Crippen molar-refractivity contribution in [3.63, 3.8) is 0 Å². The van der Waals surface area contributed by atoms with Gasteiger partial charge in [-0.15, -0.1) is 0 Å². The van der Waals surface area contributed by atoms with E-state index >= 15 is 4.39 Å². The molecule has 0 aliphatic carbocycles. The quantitative estimate of drug-likeness (QED) is 0.290. The van der Waals surface area contributed by atoms with Crippen LogP contribution in [0.2, 0.25) is 0 Å². The zero-order valence-corrected chi connectivity index (χ0v) is 18.9. The van der Waals surface area contributed by atoms with Crippen LogP contribution in [-0.4, -0.2) is 13.6 Å². The van der Waals surface area contributed by atoms with Crippen molar-refractivity contribution >= 4 is 27.6 Å². The fourth-order valence-electron chi connectivity index (χ4n) is 5.05. The van der Waals surface area contributed by atoms with E-state index in [4.69, 9.17) is 7.16 Å². The summed E-state index contributed by atoms with van der Waals surface area (Å²) in [6.07, 6.45) is 0.772. The van der Waals surface area contributed by atoms with E-state index < -0.39 is 12.2 Å². The lowest BCUT2D eigenvalue weighted by atomic mass is 9.91. The van der Waals surface area contributed by atoms with Crippen LogP contribution >= 0.6 is 0 Å². The maximum atomic E-state index is 15.6. The lowest BCUT2D eigenvalue weighted by molar-refractivity contribution is -0.660. The fraction of sp³-hybridized carbons (Fsp3) is 0.207. The Balaban J connectivity index is 1.72. The van der Waals surface area contributed by atoms with Gasteiger partial charge in [-0.1, -0.05) is 24.3 Å². The number of anilines is 1. The Morgan fingerprint density at radius 1 is 0.970 bits per heavy atom. The van der Waals surface area contributed by atoms with Gasteiger partial charge in [0.15, 0.2) is 6.20 Å². The number of halogens is 1. The van der Waals surface area contributed by atoms with E-state index in [1.165, 1.54) is 6.07 Å². The van der Waals surface area contributed by atoms with Crippen LogP contribution in [0, 0.1) is 12.7 Å². The third-order valence-electron chi connectivity index (χ3n) is 6.75. The van der Waals surface area contributed by atoms with Crippen molar-refractivity contribution < 1.29 is 16.1 Å². The molecule has 0 saturated carbocycles. The summed E-state index contributed by atoms with van der Waals surface area (Å²) >= 11 is 0. The summed E-state index contributed by atoms with van der Waals surface area (Å²) < 4.78 is 41.7. The second-order valence-corrected chi connectivity index (χ2v) is 8.78. The van der Waals surface area contributed by atoms with Crippen molar-refractivity contribution in [2.45, 2.75) is 19.7 Å². The number of pyridine rings is 1. The molecule has 0 bridgehead atoms. The van der Waals surface area contributed by atoms with Crippen molar-refractivity contribution in [1.82, 2.24) is 0 Å². The molecule has 0 atom stereocenters. The number of benzene rings is 3. The molecule has 2 aromatic heterocycles. The number of hydrogen-bond acceptors (Lipinski definition) is 2. The second kappa shape index (κ2) is 7.45. The maximum Gasteiger partial charge on any atom is 0.216 e. The van der Waals surface area contributed by atoms with Crippen molar-refractivity contribution in [2.24, 2.45) is 7.05 Å². The minimum atomic E-state index is -1.57. The average molecular weight is 440 g/mol. The van der Waals surface area contributed by atoms with E-state index in [2.05, 4.69) is 23.6 Å². The highest BCUT2D eigenvalue weighted by Gasteiger charge is 2.25. The fourth-order valence-corrected chi connectivity index (χ4v) is 5.05. The third-order valence-corrected chi connectivity index (χ3v) is 6.75. The molecule has 0 unspecified atom stereocenters. The summed E-state index contributed by atoms with van der Waals surface area (Å²) in [5.41, 5.74) is 6.37. The van der Waals surface area contributed by atoms with Crippen LogP contribution in [0.3, 0.4) is 0 Å².